The maximum atomic E-state index is 13.8. The monoisotopic (exact) mass is 428 g/mol. The topological polar surface area (TPSA) is 75.5 Å². The van der Waals surface area contributed by atoms with E-state index in [0.717, 1.165) is 21.9 Å². The second kappa shape index (κ2) is 7.75. The van der Waals surface area contributed by atoms with E-state index in [0.29, 0.717) is 30.6 Å². The standard InChI is InChI=1S/C25H24N4O3/c1-16-18-12-13-28(15-22(18)27(2)26-16)25(32)21(14-17-8-4-3-5-9-17)29-23(30)19-10-6-7-11-20(19)24(29)31/h3-11,21H,12-15H2,1-2H3. The fourth-order valence-electron chi connectivity index (χ4n) is 4.80. The van der Waals surface area contributed by atoms with Gasteiger partial charge in [0.25, 0.3) is 11.8 Å². The average molecular weight is 428 g/mol. The SMILES string of the molecule is Cc1nn(C)c2c1CCN(C(=O)C(Cc1ccccc1)N1C(=O)c3ccccc3C1=O)C2. The molecular formula is C25H24N4O3. The van der Waals surface area contributed by atoms with Crippen molar-refractivity contribution in [2.45, 2.75) is 32.4 Å². The Morgan fingerprint density at radius 2 is 1.62 bits per heavy atom. The van der Waals surface area contributed by atoms with Crippen LogP contribution in [0.3, 0.4) is 0 Å². The highest BCUT2D eigenvalue weighted by molar-refractivity contribution is 6.22. The van der Waals surface area contributed by atoms with Gasteiger partial charge in [0.1, 0.15) is 6.04 Å². The van der Waals surface area contributed by atoms with Gasteiger partial charge in [-0.1, -0.05) is 42.5 Å². The molecule has 0 aliphatic carbocycles. The van der Waals surface area contributed by atoms with Crippen molar-refractivity contribution < 1.29 is 14.4 Å². The molecule has 0 N–H and O–H groups in total. The first-order valence-corrected chi connectivity index (χ1v) is 10.8. The minimum atomic E-state index is -0.902. The number of amides is 3. The molecule has 1 atom stereocenters. The van der Waals surface area contributed by atoms with Crippen molar-refractivity contribution in [3.8, 4) is 0 Å². The number of aromatic nitrogens is 2. The molecule has 0 bridgehead atoms. The van der Waals surface area contributed by atoms with Crippen molar-refractivity contribution in [3.63, 3.8) is 0 Å². The highest BCUT2D eigenvalue weighted by Gasteiger charge is 2.44. The summed E-state index contributed by atoms with van der Waals surface area (Å²) in [4.78, 5) is 43.1. The van der Waals surface area contributed by atoms with Gasteiger partial charge in [-0.15, -0.1) is 0 Å². The van der Waals surface area contributed by atoms with Crippen LogP contribution in [0.15, 0.2) is 54.6 Å². The van der Waals surface area contributed by atoms with Crippen LogP contribution in [0.1, 0.15) is 43.2 Å². The third-order valence-corrected chi connectivity index (χ3v) is 6.45. The molecule has 3 heterocycles. The largest absolute Gasteiger partial charge is 0.335 e. The quantitative estimate of drug-likeness (QED) is 0.599. The molecule has 0 saturated heterocycles. The van der Waals surface area contributed by atoms with Gasteiger partial charge in [-0.2, -0.15) is 5.10 Å². The molecule has 7 heteroatoms. The van der Waals surface area contributed by atoms with Crippen LogP contribution < -0.4 is 0 Å². The first-order valence-electron chi connectivity index (χ1n) is 10.8. The third kappa shape index (κ3) is 3.21. The van der Waals surface area contributed by atoms with Crippen LogP contribution in [-0.4, -0.2) is 49.9 Å². The van der Waals surface area contributed by atoms with E-state index in [4.69, 9.17) is 0 Å². The van der Waals surface area contributed by atoms with E-state index in [1.165, 1.54) is 5.56 Å². The number of hydrogen-bond donors (Lipinski definition) is 0. The van der Waals surface area contributed by atoms with Crippen molar-refractivity contribution in [1.29, 1.82) is 0 Å². The molecule has 0 radical (unpaired) electrons. The minimum Gasteiger partial charge on any atom is -0.335 e. The van der Waals surface area contributed by atoms with Gasteiger partial charge in [0.05, 0.1) is 29.1 Å². The highest BCUT2D eigenvalue weighted by atomic mass is 16.2. The van der Waals surface area contributed by atoms with E-state index in [9.17, 15) is 14.4 Å². The fourth-order valence-corrected chi connectivity index (χ4v) is 4.80. The fraction of sp³-hybridized carbons (Fsp3) is 0.280. The first kappa shape index (κ1) is 20.2. The van der Waals surface area contributed by atoms with E-state index in [2.05, 4.69) is 5.10 Å². The number of fused-ring (bicyclic) bond motifs is 2. The van der Waals surface area contributed by atoms with Gasteiger partial charge in [0, 0.05) is 20.0 Å². The maximum absolute atomic E-state index is 13.8. The van der Waals surface area contributed by atoms with Gasteiger partial charge in [-0.3, -0.25) is 24.0 Å². The van der Waals surface area contributed by atoms with E-state index in [1.54, 1.807) is 29.2 Å². The predicted molar refractivity (Wildman–Crippen MR) is 118 cm³/mol. The lowest BCUT2D eigenvalue weighted by atomic mass is 10.00. The van der Waals surface area contributed by atoms with E-state index >= 15 is 0 Å². The zero-order chi connectivity index (χ0) is 22.4. The van der Waals surface area contributed by atoms with E-state index in [1.807, 2.05) is 49.0 Å². The van der Waals surface area contributed by atoms with E-state index < -0.39 is 17.9 Å². The lowest BCUT2D eigenvalue weighted by Gasteiger charge is -2.34. The Morgan fingerprint density at radius 3 is 2.28 bits per heavy atom. The molecule has 0 fully saturated rings. The summed E-state index contributed by atoms with van der Waals surface area (Å²) in [5.74, 6) is -1.03. The molecule has 2 aliphatic heterocycles. The molecule has 1 unspecified atom stereocenters. The summed E-state index contributed by atoms with van der Waals surface area (Å²) in [6, 6.07) is 15.4. The lowest BCUT2D eigenvalue weighted by molar-refractivity contribution is -0.136. The molecule has 3 aromatic rings. The van der Waals surface area contributed by atoms with Crippen molar-refractivity contribution >= 4 is 17.7 Å². The minimum absolute atomic E-state index is 0.215. The van der Waals surface area contributed by atoms with Crippen LogP contribution in [-0.2, 0) is 31.2 Å². The van der Waals surface area contributed by atoms with Crippen LogP contribution in [0.4, 0.5) is 0 Å². The number of aryl methyl sites for hydroxylation is 2. The highest BCUT2D eigenvalue weighted by Crippen LogP contribution is 2.28. The molecule has 7 nitrogen and oxygen atoms in total. The molecule has 2 aliphatic rings. The van der Waals surface area contributed by atoms with Gasteiger partial charge >= 0.3 is 0 Å². The van der Waals surface area contributed by atoms with Crippen LogP contribution in [0.2, 0.25) is 0 Å². The summed E-state index contributed by atoms with van der Waals surface area (Å²) in [6.45, 7) is 2.93. The Hall–Kier alpha value is -3.74. The van der Waals surface area contributed by atoms with Crippen molar-refractivity contribution in [1.82, 2.24) is 19.6 Å². The molecule has 32 heavy (non-hydrogen) atoms. The number of hydrogen-bond acceptors (Lipinski definition) is 4. The first-order chi connectivity index (χ1) is 15.5. The van der Waals surface area contributed by atoms with Crippen LogP contribution in [0.5, 0.6) is 0 Å². The number of imide groups is 1. The maximum Gasteiger partial charge on any atom is 0.262 e. The van der Waals surface area contributed by atoms with Gasteiger partial charge in [0.15, 0.2) is 0 Å². The number of rotatable bonds is 4. The molecule has 5 rings (SSSR count). The number of carbonyl (C=O) groups is 3. The van der Waals surface area contributed by atoms with E-state index in [-0.39, 0.29) is 12.3 Å². The summed E-state index contributed by atoms with van der Waals surface area (Å²) >= 11 is 0. The van der Waals surface area contributed by atoms with Crippen molar-refractivity contribution in [3.05, 3.63) is 88.2 Å². The number of benzene rings is 2. The molecule has 2 aromatic carbocycles. The Morgan fingerprint density at radius 1 is 1.00 bits per heavy atom. The Bertz CT molecular complexity index is 1200. The zero-order valence-electron chi connectivity index (χ0n) is 18.1. The lowest BCUT2D eigenvalue weighted by Crippen LogP contribution is -2.53. The number of carbonyl (C=O) groups excluding carboxylic acids is 3. The molecule has 1 aromatic heterocycles. The van der Waals surface area contributed by atoms with Crippen molar-refractivity contribution in [2.24, 2.45) is 7.05 Å². The van der Waals surface area contributed by atoms with Gasteiger partial charge in [-0.05, 0) is 36.6 Å². The Labute approximate surface area is 186 Å². The van der Waals surface area contributed by atoms with Crippen molar-refractivity contribution in [2.75, 3.05) is 6.54 Å². The van der Waals surface area contributed by atoms with Crippen LogP contribution in [0, 0.1) is 6.92 Å². The summed E-state index contributed by atoms with van der Waals surface area (Å²) in [6.07, 6.45) is 0.986. The van der Waals surface area contributed by atoms with Gasteiger partial charge < -0.3 is 4.90 Å². The predicted octanol–water partition coefficient (Wildman–Crippen LogP) is 2.52. The molecular weight excluding hydrogens is 404 g/mol. The zero-order valence-corrected chi connectivity index (χ0v) is 18.1. The Kier molecular flexibility index (Phi) is 4.89. The molecule has 3 amide bonds. The normalized spacial score (nSPS) is 16.2. The molecule has 0 saturated carbocycles. The molecule has 162 valence electrons. The summed E-state index contributed by atoms with van der Waals surface area (Å²) in [5, 5.41) is 4.49. The summed E-state index contributed by atoms with van der Waals surface area (Å²) in [7, 11) is 1.88. The third-order valence-electron chi connectivity index (χ3n) is 6.45. The van der Waals surface area contributed by atoms with Gasteiger partial charge in [-0.25, -0.2) is 0 Å². The molecule has 0 spiro atoms. The smallest absolute Gasteiger partial charge is 0.262 e. The van der Waals surface area contributed by atoms with Gasteiger partial charge in [0.2, 0.25) is 5.91 Å². The second-order valence-electron chi connectivity index (χ2n) is 8.38. The Balaban J connectivity index is 1.50. The van der Waals surface area contributed by atoms with Crippen LogP contribution >= 0.6 is 0 Å². The summed E-state index contributed by atoms with van der Waals surface area (Å²) in [5.41, 5.74) is 4.77. The number of nitrogens with zero attached hydrogens (tertiary/aromatic N) is 4. The summed E-state index contributed by atoms with van der Waals surface area (Å²) < 4.78 is 1.82. The second-order valence-corrected chi connectivity index (χ2v) is 8.38. The average Bonchev–Trinajstić information content (AvgIpc) is 3.24. The van der Waals surface area contributed by atoms with Crippen LogP contribution in [0.25, 0.3) is 0 Å².